The van der Waals surface area contributed by atoms with Gasteiger partial charge in [0.1, 0.15) is 6.33 Å². The first-order valence-electron chi connectivity index (χ1n) is 4.88. The van der Waals surface area contributed by atoms with Gasteiger partial charge in [-0.2, -0.15) is 0 Å². The molecular formula is C12H13N2NaO5. The summed E-state index contributed by atoms with van der Waals surface area (Å²) in [6.07, 6.45) is 4.88. The van der Waals surface area contributed by atoms with Gasteiger partial charge < -0.3 is 17.1 Å². The molecule has 1 aromatic heterocycles. The molecule has 0 fully saturated rings. The standard InChI is InChI=1S/C8H6O4.C4H4N2.Na.H2O.H/c9-7(10)5-2-1-3-6(4-5)8(11)12;1-2-5-4-6-3-1;;;/h1-4H,(H,9,10)(H,11,12);1-4H;;1H2;/q;;+1;;-1. The van der Waals surface area contributed by atoms with Crippen molar-refractivity contribution in [2.75, 3.05) is 0 Å². The number of carboxylic acid groups (broad SMARTS) is 2. The Labute approximate surface area is 138 Å². The van der Waals surface area contributed by atoms with Gasteiger partial charge in [-0.15, -0.1) is 0 Å². The van der Waals surface area contributed by atoms with Crippen molar-refractivity contribution in [3.63, 3.8) is 0 Å². The minimum atomic E-state index is -1.13. The van der Waals surface area contributed by atoms with Gasteiger partial charge in [-0.3, -0.25) is 0 Å². The average Bonchev–Trinajstić information content (AvgIpc) is 2.41. The number of nitrogens with zero attached hydrogens (tertiary/aromatic N) is 2. The molecule has 0 aliphatic rings. The Kier molecular flexibility index (Phi) is 11.3. The monoisotopic (exact) mass is 288 g/mol. The molecule has 0 bridgehead atoms. The Bertz CT molecular complexity index is 486. The van der Waals surface area contributed by atoms with Crippen molar-refractivity contribution >= 4 is 11.9 Å². The molecule has 0 amide bonds. The second kappa shape index (κ2) is 11.1. The molecule has 0 saturated heterocycles. The van der Waals surface area contributed by atoms with Crippen molar-refractivity contribution in [1.82, 2.24) is 9.97 Å². The van der Waals surface area contributed by atoms with Gasteiger partial charge in [0, 0.05) is 12.4 Å². The summed E-state index contributed by atoms with van der Waals surface area (Å²) in [6, 6.07) is 6.97. The van der Waals surface area contributed by atoms with E-state index in [1.165, 1.54) is 24.5 Å². The number of hydrogen-bond donors (Lipinski definition) is 2. The molecule has 0 aliphatic heterocycles. The number of carbonyl (C=O) groups is 2. The fraction of sp³-hybridized carbons (Fsp3) is 0. The normalized spacial score (nSPS) is 8.00. The van der Waals surface area contributed by atoms with Crippen LogP contribution in [0.3, 0.4) is 0 Å². The minimum Gasteiger partial charge on any atom is -1.00 e. The predicted octanol–water partition coefficient (Wildman–Crippen LogP) is -2.15. The van der Waals surface area contributed by atoms with Crippen LogP contribution in [0.1, 0.15) is 22.1 Å². The van der Waals surface area contributed by atoms with Crippen molar-refractivity contribution in [3.05, 3.63) is 60.2 Å². The predicted molar refractivity (Wildman–Crippen MR) is 67.1 cm³/mol. The molecule has 1 heterocycles. The van der Waals surface area contributed by atoms with Gasteiger partial charge in [0.2, 0.25) is 0 Å². The molecule has 0 saturated carbocycles. The second-order valence-corrected chi connectivity index (χ2v) is 3.10. The van der Waals surface area contributed by atoms with E-state index < -0.39 is 11.9 Å². The molecule has 7 nitrogen and oxygen atoms in total. The van der Waals surface area contributed by atoms with E-state index in [-0.39, 0.29) is 47.6 Å². The van der Waals surface area contributed by atoms with Crippen LogP contribution in [-0.2, 0) is 0 Å². The summed E-state index contributed by atoms with van der Waals surface area (Å²) in [5.41, 5.74) is -0.0372. The van der Waals surface area contributed by atoms with E-state index in [1.54, 1.807) is 18.5 Å². The number of carboxylic acids is 2. The summed E-state index contributed by atoms with van der Waals surface area (Å²) in [7, 11) is 0. The van der Waals surface area contributed by atoms with Gasteiger partial charge in [0.15, 0.2) is 0 Å². The van der Waals surface area contributed by atoms with Crippen LogP contribution in [-0.4, -0.2) is 37.6 Å². The summed E-state index contributed by atoms with van der Waals surface area (Å²) in [5, 5.41) is 17.0. The summed E-state index contributed by atoms with van der Waals surface area (Å²) in [4.78, 5) is 28.1. The Morgan fingerprint density at radius 2 is 1.40 bits per heavy atom. The fourth-order valence-corrected chi connectivity index (χ4v) is 1.04. The molecule has 0 aliphatic carbocycles. The Balaban J connectivity index is -0.000000312. The average molecular weight is 288 g/mol. The van der Waals surface area contributed by atoms with Crippen molar-refractivity contribution in [2.24, 2.45) is 0 Å². The van der Waals surface area contributed by atoms with Crippen LogP contribution < -0.4 is 29.6 Å². The van der Waals surface area contributed by atoms with Gasteiger partial charge >= 0.3 is 41.5 Å². The summed E-state index contributed by atoms with van der Waals surface area (Å²) in [6.45, 7) is 0. The molecule has 0 atom stereocenters. The smallest absolute Gasteiger partial charge is 1.00 e. The molecule has 1 aromatic carbocycles. The van der Waals surface area contributed by atoms with Crippen LogP contribution in [0.2, 0.25) is 0 Å². The molecule has 102 valence electrons. The molecule has 8 heteroatoms. The molecule has 2 aromatic rings. The summed E-state index contributed by atoms with van der Waals surface area (Å²) < 4.78 is 0. The zero-order valence-electron chi connectivity index (χ0n) is 11.7. The van der Waals surface area contributed by atoms with Crippen LogP contribution in [0, 0.1) is 0 Å². The first kappa shape index (κ1) is 20.5. The largest absolute Gasteiger partial charge is 1.00 e. The molecule has 4 N–H and O–H groups in total. The van der Waals surface area contributed by atoms with E-state index in [0.717, 1.165) is 6.07 Å². The van der Waals surface area contributed by atoms with Crippen LogP contribution in [0.5, 0.6) is 0 Å². The van der Waals surface area contributed by atoms with Gasteiger partial charge in [-0.05, 0) is 24.3 Å². The Hall–Kier alpha value is -1.80. The third-order valence-electron chi connectivity index (χ3n) is 1.83. The quantitative estimate of drug-likeness (QED) is 0.606. The van der Waals surface area contributed by atoms with Crippen molar-refractivity contribution in [2.45, 2.75) is 0 Å². The number of aromatic carboxylic acids is 2. The summed E-state index contributed by atoms with van der Waals surface area (Å²) >= 11 is 0. The maximum absolute atomic E-state index is 10.4. The molecule has 0 unspecified atom stereocenters. The van der Waals surface area contributed by atoms with E-state index in [2.05, 4.69) is 9.97 Å². The zero-order chi connectivity index (χ0) is 13.4. The van der Waals surface area contributed by atoms with Crippen molar-refractivity contribution in [3.8, 4) is 0 Å². The van der Waals surface area contributed by atoms with Gasteiger partial charge in [-0.1, -0.05) is 6.07 Å². The van der Waals surface area contributed by atoms with Crippen LogP contribution in [0.15, 0.2) is 49.1 Å². The van der Waals surface area contributed by atoms with Gasteiger partial charge in [0.25, 0.3) is 0 Å². The van der Waals surface area contributed by atoms with Crippen molar-refractivity contribution in [1.29, 1.82) is 0 Å². The van der Waals surface area contributed by atoms with E-state index in [1.807, 2.05) is 0 Å². The molecule has 0 spiro atoms. The van der Waals surface area contributed by atoms with Gasteiger partial charge in [-0.25, -0.2) is 19.6 Å². The third-order valence-corrected chi connectivity index (χ3v) is 1.83. The number of rotatable bonds is 2. The minimum absolute atomic E-state index is 0. The van der Waals surface area contributed by atoms with Crippen LogP contribution in [0.4, 0.5) is 0 Å². The number of benzene rings is 1. The number of aromatic nitrogens is 2. The fourth-order valence-electron chi connectivity index (χ4n) is 1.04. The Morgan fingerprint density at radius 1 is 0.950 bits per heavy atom. The van der Waals surface area contributed by atoms with E-state index in [4.69, 9.17) is 10.2 Å². The van der Waals surface area contributed by atoms with E-state index in [0.29, 0.717) is 0 Å². The maximum Gasteiger partial charge on any atom is 1.00 e. The van der Waals surface area contributed by atoms with Crippen molar-refractivity contribution < 1.29 is 56.3 Å². The van der Waals surface area contributed by atoms with Gasteiger partial charge in [0.05, 0.1) is 11.1 Å². The molecule has 0 radical (unpaired) electrons. The van der Waals surface area contributed by atoms with Crippen LogP contribution >= 0.6 is 0 Å². The third kappa shape index (κ3) is 7.59. The van der Waals surface area contributed by atoms with E-state index >= 15 is 0 Å². The Morgan fingerprint density at radius 3 is 1.65 bits per heavy atom. The number of hydrogen-bond acceptors (Lipinski definition) is 4. The topological polar surface area (TPSA) is 132 Å². The SMILES string of the molecule is O.O=C(O)c1cccc(C(=O)O)c1.[H-].[Na+].c1cncnc1. The molecule has 2 rings (SSSR count). The molecule has 20 heavy (non-hydrogen) atoms. The molecular weight excluding hydrogens is 275 g/mol. The first-order chi connectivity index (χ1) is 8.61. The first-order valence-corrected chi connectivity index (χ1v) is 4.88. The summed E-state index contributed by atoms with van der Waals surface area (Å²) in [5.74, 6) is -2.25. The maximum atomic E-state index is 10.4. The second-order valence-electron chi connectivity index (χ2n) is 3.10. The zero-order valence-corrected chi connectivity index (χ0v) is 12.7. The van der Waals surface area contributed by atoms with Crippen LogP contribution in [0.25, 0.3) is 0 Å². The van der Waals surface area contributed by atoms with E-state index in [9.17, 15) is 9.59 Å².